The van der Waals surface area contributed by atoms with Gasteiger partial charge in [0, 0.05) is 11.6 Å². The zero-order chi connectivity index (χ0) is 18.7. The molecule has 0 aliphatic rings. The molecule has 0 saturated carbocycles. The summed E-state index contributed by atoms with van der Waals surface area (Å²) >= 11 is 1.34. The third-order valence-corrected chi connectivity index (χ3v) is 6.26. The maximum absolute atomic E-state index is 12.6. The largest absolute Gasteiger partial charge is 0.495 e. The number of hydrogen-bond donors (Lipinski definition) is 1. The van der Waals surface area contributed by atoms with Crippen LogP contribution in [-0.4, -0.2) is 31.6 Å². The van der Waals surface area contributed by atoms with Crippen LogP contribution in [0.15, 0.2) is 58.9 Å². The fourth-order valence-corrected chi connectivity index (χ4v) is 4.68. The lowest BCUT2D eigenvalue weighted by Gasteiger charge is -2.14. The van der Waals surface area contributed by atoms with Gasteiger partial charge in [0.1, 0.15) is 16.3 Å². The first-order valence-corrected chi connectivity index (χ1v) is 10.1. The highest BCUT2D eigenvalue weighted by molar-refractivity contribution is 7.90. The molecule has 6 nitrogen and oxygen atoms in total. The van der Waals surface area contributed by atoms with Crippen molar-refractivity contribution in [2.75, 3.05) is 7.11 Å². The van der Waals surface area contributed by atoms with Crippen LogP contribution in [0, 0.1) is 0 Å². The Morgan fingerprint density at radius 2 is 1.92 bits per heavy atom. The van der Waals surface area contributed by atoms with Gasteiger partial charge in [0.2, 0.25) is 0 Å². The van der Waals surface area contributed by atoms with Crippen LogP contribution in [0.25, 0.3) is 10.6 Å². The number of nitrogens with zero attached hydrogens (tertiary/aromatic N) is 1. The molecule has 0 spiro atoms. The Morgan fingerprint density at radius 1 is 1.19 bits per heavy atom. The number of sulfone groups is 1. The van der Waals surface area contributed by atoms with Crippen LogP contribution in [0.1, 0.15) is 15.9 Å². The van der Waals surface area contributed by atoms with Crippen molar-refractivity contribution in [1.29, 1.82) is 0 Å². The lowest BCUT2D eigenvalue weighted by molar-refractivity contribution is 0.0692. The van der Waals surface area contributed by atoms with Crippen molar-refractivity contribution in [3.8, 4) is 16.3 Å². The van der Waals surface area contributed by atoms with Gasteiger partial charge in [-0.05, 0) is 23.8 Å². The van der Waals surface area contributed by atoms with E-state index in [4.69, 9.17) is 4.74 Å². The SMILES string of the molecule is COc1c(-c2nccs2)ccc(CS(=O)(=O)c2ccccc2)c1C(=O)O. The van der Waals surface area contributed by atoms with Crippen LogP contribution in [0.5, 0.6) is 5.75 Å². The van der Waals surface area contributed by atoms with E-state index < -0.39 is 21.6 Å². The number of carbonyl (C=O) groups is 1. The number of ether oxygens (including phenoxy) is 1. The summed E-state index contributed by atoms with van der Waals surface area (Å²) in [5.74, 6) is -1.58. The van der Waals surface area contributed by atoms with Gasteiger partial charge in [0.25, 0.3) is 0 Å². The lowest BCUT2D eigenvalue weighted by atomic mass is 10.0. The second-order valence-corrected chi connectivity index (χ2v) is 8.28. The molecule has 2 aromatic carbocycles. The Kier molecular flexibility index (Phi) is 5.06. The minimum absolute atomic E-state index is 0.105. The van der Waals surface area contributed by atoms with Gasteiger partial charge < -0.3 is 9.84 Å². The Balaban J connectivity index is 2.12. The molecular formula is C18H15NO5S2. The molecule has 3 aromatic rings. The minimum Gasteiger partial charge on any atom is -0.495 e. The van der Waals surface area contributed by atoms with Crippen LogP contribution < -0.4 is 4.74 Å². The van der Waals surface area contributed by atoms with E-state index in [1.807, 2.05) is 0 Å². The molecule has 0 saturated heterocycles. The van der Waals surface area contributed by atoms with E-state index in [0.717, 1.165) is 0 Å². The first-order chi connectivity index (χ1) is 12.4. The molecule has 26 heavy (non-hydrogen) atoms. The molecule has 0 radical (unpaired) electrons. The third kappa shape index (κ3) is 3.47. The molecule has 0 aliphatic carbocycles. The highest BCUT2D eigenvalue weighted by Crippen LogP contribution is 2.37. The molecule has 1 heterocycles. The van der Waals surface area contributed by atoms with E-state index >= 15 is 0 Å². The van der Waals surface area contributed by atoms with Crippen molar-refractivity contribution in [3.05, 3.63) is 65.2 Å². The number of benzene rings is 2. The van der Waals surface area contributed by atoms with E-state index in [0.29, 0.717) is 10.6 Å². The summed E-state index contributed by atoms with van der Waals surface area (Å²) in [6.07, 6.45) is 1.60. The molecular weight excluding hydrogens is 374 g/mol. The number of carboxylic acids is 1. The number of carboxylic acid groups (broad SMARTS) is 1. The fourth-order valence-electron chi connectivity index (χ4n) is 2.63. The van der Waals surface area contributed by atoms with E-state index in [-0.39, 0.29) is 21.8 Å². The molecule has 3 rings (SSSR count). The number of aromatic carboxylic acids is 1. The summed E-state index contributed by atoms with van der Waals surface area (Å²) in [6, 6.07) is 11.1. The van der Waals surface area contributed by atoms with Gasteiger partial charge in [-0.3, -0.25) is 0 Å². The standard InChI is InChI=1S/C18H15NO5S2/c1-24-16-14(17-19-9-10-25-17)8-7-12(15(16)18(20)21)11-26(22,23)13-5-3-2-4-6-13/h2-10H,11H2,1H3,(H,20,21). The summed E-state index contributed by atoms with van der Waals surface area (Å²) in [6.45, 7) is 0. The zero-order valence-electron chi connectivity index (χ0n) is 13.7. The Bertz CT molecular complexity index is 1030. The summed E-state index contributed by atoms with van der Waals surface area (Å²) in [5, 5.41) is 12.0. The topological polar surface area (TPSA) is 93.6 Å². The summed E-state index contributed by atoms with van der Waals surface area (Å²) in [4.78, 5) is 16.2. The third-order valence-electron chi connectivity index (χ3n) is 3.77. The van der Waals surface area contributed by atoms with Gasteiger partial charge in [-0.1, -0.05) is 24.3 Å². The van der Waals surface area contributed by atoms with Crippen LogP contribution in [0.4, 0.5) is 0 Å². The molecule has 1 aromatic heterocycles. The Morgan fingerprint density at radius 3 is 2.50 bits per heavy atom. The van der Waals surface area contributed by atoms with E-state index in [1.54, 1.807) is 35.8 Å². The second-order valence-electron chi connectivity index (χ2n) is 5.40. The van der Waals surface area contributed by atoms with Crippen LogP contribution in [-0.2, 0) is 15.6 Å². The highest BCUT2D eigenvalue weighted by Gasteiger charge is 2.25. The fraction of sp³-hybridized carbons (Fsp3) is 0.111. The number of thiazole rings is 1. The van der Waals surface area contributed by atoms with Crippen molar-refractivity contribution in [2.45, 2.75) is 10.6 Å². The number of aromatic nitrogens is 1. The minimum atomic E-state index is -3.69. The van der Waals surface area contributed by atoms with Crippen molar-refractivity contribution in [2.24, 2.45) is 0 Å². The predicted molar refractivity (Wildman–Crippen MR) is 98.4 cm³/mol. The Labute approximate surface area is 154 Å². The molecule has 134 valence electrons. The van der Waals surface area contributed by atoms with Crippen molar-refractivity contribution in [1.82, 2.24) is 4.98 Å². The van der Waals surface area contributed by atoms with Crippen LogP contribution in [0.2, 0.25) is 0 Å². The maximum atomic E-state index is 12.6. The van der Waals surface area contributed by atoms with Crippen molar-refractivity contribution in [3.63, 3.8) is 0 Å². The normalized spacial score (nSPS) is 11.3. The number of hydrogen-bond acceptors (Lipinski definition) is 6. The average molecular weight is 389 g/mol. The molecule has 0 aliphatic heterocycles. The highest BCUT2D eigenvalue weighted by atomic mass is 32.2. The predicted octanol–water partition coefficient (Wildman–Crippen LogP) is 3.49. The molecule has 0 unspecified atom stereocenters. The molecule has 0 atom stereocenters. The zero-order valence-corrected chi connectivity index (χ0v) is 15.4. The summed E-state index contributed by atoms with van der Waals surface area (Å²) < 4.78 is 30.6. The van der Waals surface area contributed by atoms with Gasteiger partial charge in [0.05, 0.1) is 23.3 Å². The van der Waals surface area contributed by atoms with E-state index in [2.05, 4.69) is 4.98 Å². The van der Waals surface area contributed by atoms with Crippen LogP contribution >= 0.6 is 11.3 Å². The second kappa shape index (κ2) is 7.27. The first kappa shape index (κ1) is 18.1. The van der Waals surface area contributed by atoms with Gasteiger partial charge in [-0.15, -0.1) is 11.3 Å². The molecule has 1 N–H and O–H groups in total. The number of methoxy groups -OCH3 is 1. The summed E-state index contributed by atoms with van der Waals surface area (Å²) in [7, 11) is -2.34. The van der Waals surface area contributed by atoms with Gasteiger partial charge >= 0.3 is 5.97 Å². The van der Waals surface area contributed by atoms with Crippen LogP contribution in [0.3, 0.4) is 0 Å². The average Bonchev–Trinajstić information content (AvgIpc) is 3.15. The van der Waals surface area contributed by atoms with Gasteiger partial charge in [-0.2, -0.15) is 0 Å². The monoisotopic (exact) mass is 389 g/mol. The van der Waals surface area contributed by atoms with Crippen molar-refractivity contribution < 1.29 is 23.1 Å². The lowest BCUT2D eigenvalue weighted by Crippen LogP contribution is -2.12. The van der Waals surface area contributed by atoms with E-state index in [9.17, 15) is 18.3 Å². The molecule has 0 fully saturated rings. The molecule has 0 bridgehead atoms. The summed E-state index contributed by atoms with van der Waals surface area (Å²) in [5.41, 5.74) is 0.513. The van der Waals surface area contributed by atoms with Crippen molar-refractivity contribution >= 4 is 27.1 Å². The van der Waals surface area contributed by atoms with Gasteiger partial charge in [-0.25, -0.2) is 18.2 Å². The smallest absolute Gasteiger partial charge is 0.339 e. The Hall–Kier alpha value is -2.71. The first-order valence-electron chi connectivity index (χ1n) is 7.55. The number of rotatable bonds is 6. The van der Waals surface area contributed by atoms with Gasteiger partial charge in [0.15, 0.2) is 9.84 Å². The molecule has 0 amide bonds. The quantitative estimate of drug-likeness (QED) is 0.694. The maximum Gasteiger partial charge on any atom is 0.339 e. The van der Waals surface area contributed by atoms with E-state index in [1.165, 1.54) is 36.6 Å². The molecule has 8 heteroatoms.